The van der Waals surface area contributed by atoms with Crippen molar-refractivity contribution >= 4 is 17.4 Å². The average Bonchev–Trinajstić information content (AvgIpc) is 2.40. The highest BCUT2D eigenvalue weighted by Gasteiger charge is 2.35. The van der Waals surface area contributed by atoms with Crippen LogP contribution in [0.2, 0.25) is 5.02 Å². The Morgan fingerprint density at radius 2 is 1.76 bits per heavy atom. The van der Waals surface area contributed by atoms with E-state index in [9.17, 15) is 22.4 Å². The molecule has 0 aliphatic rings. The highest BCUT2D eigenvalue weighted by atomic mass is 35.5. The fourth-order valence-electron chi connectivity index (χ4n) is 1.90. The molecule has 1 nitrogen and oxygen atoms in total. The molecule has 0 saturated carbocycles. The molecule has 0 amide bonds. The molecular formula is C15H9ClF4O. The summed E-state index contributed by atoms with van der Waals surface area (Å²) in [5.74, 6) is -1.74. The molecule has 0 N–H and O–H groups in total. The number of hydrogen-bond acceptors (Lipinski definition) is 1. The maximum Gasteiger partial charge on any atom is 0.417 e. The van der Waals surface area contributed by atoms with Crippen LogP contribution in [0.3, 0.4) is 0 Å². The number of rotatable bonds is 3. The summed E-state index contributed by atoms with van der Waals surface area (Å²) in [6.45, 7) is 0. The van der Waals surface area contributed by atoms with Gasteiger partial charge in [0.2, 0.25) is 0 Å². The number of benzene rings is 2. The summed E-state index contributed by atoms with van der Waals surface area (Å²) in [6.07, 6.45) is -5.05. The zero-order valence-electron chi connectivity index (χ0n) is 10.5. The van der Waals surface area contributed by atoms with Gasteiger partial charge in [-0.15, -0.1) is 0 Å². The summed E-state index contributed by atoms with van der Waals surface area (Å²) in [7, 11) is 0. The Morgan fingerprint density at radius 1 is 1.10 bits per heavy atom. The molecule has 2 aromatic carbocycles. The number of halogens is 5. The molecule has 0 aliphatic carbocycles. The van der Waals surface area contributed by atoms with Gasteiger partial charge in [0.25, 0.3) is 0 Å². The molecule has 0 unspecified atom stereocenters. The SMILES string of the molecule is O=C(Cc1ccccc1Cl)c1cc(F)ccc1C(F)(F)F. The molecule has 0 fully saturated rings. The van der Waals surface area contributed by atoms with E-state index in [1.165, 1.54) is 12.1 Å². The molecule has 0 spiro atoms. The third-order valence-corrected chi connectivity index (χ3v) is 3.26. The second-order valence-corrected chi connectivity index (χ2v) is 4.79. The second kappa shape index (κ2) is 5.85. The summed E-state index contributed by atoms with van der Waals surface area (Å²) in [5.41, 5.74) is -1.45. The number of alkyl halides is 3. The Hall–Kier alpha value is -1.88. The van der Waals surface area contributed by atoms with E-state index in [0.717, 1.165) is 0 Å². The first-order valence-electron chi connectivity index (χ1n) is 5.92. The van der Waals surface area contributed by atoms with Crippen molar-refractivity contribution < 1.29 is 22.4 Å². The standard InChI is InChI=1S/C15H9ClF4O/c16-13-4-2-1-3-9(13)7-14(21)11-8-10(17)5-6-12(11)15(18,19)20/h1-6,8H,7H2. The van der Waals surface area contributed by atoms with E-state index in [1.807, 2.05) is 0 Å². The number of carbonyl (C=O) groups excluding carboxylic acids is 1. The fraction of sp³-hybridized carbons (Fsp3) is 0.133. The molecule has 0 heterocycles. The van der Waals surface area contributed by atoms with Crippen LogP contribution in [0.15, 0.2) is 42.5 Å². The summed E-state index contributed by atoms with van der Waals surface area (Å²) in [4.78, 5) is 12.1. The minimum absolute atomic E-state index is 0.274. The molecule has 0 aromatic heterocycles. The fourth-order valence-corrected chi connectivity index (χ4v) is 2.11. The van der Waals surface area contributed by atoms with Crippen LogP contribution >= 0.6 is 11.6 Å². The first kappa shape index (κ1) is 15.5. The van der Waals surface area contributed by atoms with Crippen molar-refractivity contribution in [2.24, 2.45) is 0 Å². The first-order chi connectivity index (χ1) is 9.79. The summed E-state index contributed by atoms with van der Waals surface area (Å²) < 4.78 is 51.7. The van der Waals surface area contributed by atoms with Gasteiger partial charge in [-0.3, -0.25) is 4.79 Å². The topological polar surface area (TPSA) is 17.1 Å². The lowest BCUT2D eigenvalue weighted by Gasteiger charge is -2.12. The van der Waals surface area contributed by atoms with Crippen molar-refractivity contribution in [3.63, 3.8) is 0 Å². The summed E-state index contributed by atoms with van der Waals surface area (Å²) in [6, 6.07) is 8.16. The predicted molar refractivity (Wildman–Crippen MR) is 70.9 cm³/mol. The summed E-state index contributed by atoms with van der Waals surface area (Å²) in [5, 5.41) is 0.274. The second-order valence-electron chi connectivity index (χ2n) is 4.38. The minimum Gasteiger partial charge on any atom is -0.294 e. The van der Waals surface area contributed by atoms with Crippen LogP contribution in [-0.2, 0) is 12.6 Å². The maximum absolute atomic E-state index is 13.2. The van der Waals surface area contributed by atoms with Gasteiger partial charge in [0.1, 0.15) is 5.82 Å². The van der Waals surface area contributed by atoms with Crippen LogP contribution in [0, 0.1) is 5.82 Å². The van der Waals surface area contributed by atoms with Gasteiger partial charge in [0.05, 0.1) is 5.56 Å². The minimum atomic E-state index is -4.72. The Kier molecular flexibility index (Phi) is 4.32. The molecule has 0 atom stereocenters. The Labute approximate surface area is 123 Å². The molecule has 0 saturated heterocycles. The van der Waals surface area contributed by atoms with Crippen LogP contribution in [0.4, 0.5) is 17.6 Å². The third-order valence-electron chi connectivity index (χ3n) is 2.90. The van der Waals surface area contributed by atoms with Crippen molar-refractivity contribution in [2.45, 2.75) is 12.6 Å². The van der Waals surface area contributed by atoms with Crippen LogP contribution in [0.25, 0.3) is 0 Å². The van der Waals surface area contributed by atoms with Crippen molar-refractivity contribution in [1.29, 1.82) is 0 Å². The molecule has 0 radical (unpaired) electrons. The van der Waals surface area contributed by atoms with Gasteiger partial charge in [0.15, 0.2) is 5.78 Å². The lowest BCUT2D eigenvalue weighted by atomic mass is 9.98. The lowest BCUT2D eigenvalue weighted by Crippen LogP contribution is -2.15. The first-order valence-corrected chi connectivity index (χ1v) is 6.30. The molecule has 110 valence electrons. The van der Waals surface area contributed by atoms with E-state index < -0.39 is 28.9 Å². The van der Waals surface area contributed by atoms with Gasteiger partial charge >= 0.3 is 6.18 Å². The highest BCUT2D eigenvalue weighted by Crippen LogP contribution is 2.33. The van der Waals surface area contributed by atoms with Gasteiger partial charge in [-0.25, -0.2) is 4.39 Å². The van der Waals surface area contributed by atoms with E-state index in [-0.39, 0.29) is 11.4 Å². The van der Waals surface area contributed by atoms with Crippen molar-refractivity contribution in [3.05, 3.63) is 70.0 Å². The van der Waals surface area contributed by atoms with Crippen molar-refractivity contribution in [3.8, 4) is 0 Å². The molecular weight excluding hydrogens is 308 g/mol. The van der Waals surface area contributed by atoms with E-state index in [4.69, 9.17) is 11.6 Å². The smallest absolute Gasteiger partial charge is 0.294 e. The van der Waals surface area contributed by atoms with Gasteiger partial charge in [-0.1, -0.05) is 29.8 Å². The van der Waals surface area contributed by atoms with Crippen LogP contribution < -0.4 is 0 Å². The van der Waals surface area contributed by atoms with Gasteiger partial charge in [-0.05, 0) is 29.8 Å². The quantitative estimate of drug-likeness (QED) is 0.580. The van der Waals surface area contributed by atoms with E-state index >= 15 is 0 Å². The maximum atomic E-state index is 13.2. The Bertz CT molecular complexity index is 680. The number of ketones is 1. The lowest BCUT2D eigenvalue weighted by molar-refractivity contribution is -0.137. The zero-order chi connectivity index (χ0) is 15.6. The van der Waals surface area contributed by atoms with Crippen LogP contribution in [0.1, 0.15) is 21.5 Å². The highest BCUT2D eigenvalue weighted by molar-refractivity contribution is 6.31. The molecule has 2 rings (SSSR count). The molecule has 6 heteroatoms. The molecule has 0 bridgehead atoms. The number of hydrogen-bond donors (Lipinski definition) is 0. The number of Topliss-reactive ketones (excluding diaryl/α,β-unsaturated/α-hetero) is 1. The average molecular weight is 317 g/mol. The van der Waals surface area contributed by atoms with Gasteiger partial charge in [0, 0.05) is 17.0 Å². The normalized spacial score (nSPS) is 11.5. The zero-order valence-corrected chi connectivity index (χ0v) is 11.3. The molecule has 0 aliphatic heterocycles. The Morgan fingerprint density at radius 3 is 2.38 bits per heavy atom. The van der Waals surface area contributed by atoms with Crippen molar-refractivity contribution in [2.75, 3.05) is 0 Å². The van der Waals surface area contributed by atoms with Gasteiger partial charge in [-0.2, -0.15) is 13.2 Å². The van der Waals surface area contributed by atoms with Crippen molar-refractivity contribution in [1.82, 2.24) is 0 Å². The third kappa shape index (κ3) is 3.61. The molecule has 2 aromatic rings. The van der Waals surface area contributed by atoms with E-state index in [0.29, 0.717) is 23.8 Å². The van der Waals surface area contributed by atoms with E-state index in [2.05, 4.69) is 0 Å². The predicted octanol–water partition coefficient (Wildman–Crippen LogP) is 4.92. The monoisotopic (exact) mass is 316 g/mol. The Balaban J connectivity index is 2.40. The number of carbonyl (C=O) groups is 1. The summed E-state index contributed by atoms with van der Waals surface area (Å²) >= 11 is 5.87. The van der Waals surface area contributed by atoms with Crippen LogP contribution in [0.5, 0.6) is 0 Å². The van der Waals surface area contributed by atoms with E-state index in [1.54, 1.807) is 12.1 Å². The van der Waals surface area contributed by atoms with Gasteiger partial charge < -0.3 is 0 Å². The largest absolute Gasteiger partial charge is 0.417 e. The van der Waals surface area contributed by atoms with Crippen LogP contribution in [-0.4, -0.2) is 5.78 Å². The molecule has 21 heavy (non-hydrogen) atoms.